The zero-order chi connectivity index (χ0) is 14.0. The Bertz CT molecular complexity index is 626. The molecule has 0 bridgehead atoms. The highest BCUT2D eigenvalue weighted by Crippen LogP contribution is 2.24. The molecule has 0 atom stereocenters. The SMILES string of the molecule is O=C(Nc1cc(Cl)cc(Cl)c1)c1cc(Cl)ccc1I. The van der Waals surface area contributed by atoms with Crippen molar-refractivity contribution in [1.82, 2.24) is 0 Å². The average Bonchev–Trinajstić information content (AvgIpc) is 2.30. The Morgan fingerprint density at radius 1 is 0.947 bits per heavy atom. The fourth-order valence-corrected chi connectivity index (χ4v) is 2.77. The van der Waals surface area contributed by atoms with Crippen LogP contribution in [0, 0.1) is 3.57 Å². The van der Waals surface area contributed by atoms with Crippen LogP contribution in [0.5, 0.6) is 0 Å². The van der Waals surface area contributed by atoms with Crippen LogP contribution >= 0.6 is 57.4 Å². The van der Waals surface area contributed by atoms with Crippen LogP contribution in [0.3, 0.4) is 0 Å². The van der Waals surface area contributed by atoms with Gasteiger partial charge in [-0.05, 0) is 59.0 Å². The van der Waals surface area contributed by atoms with Gasteiger partial charge >= 0.3 is 0 Å². The molecule has 2 rings (SSSR count). The zero-order valence-electron chi connectivity index (χ0n) is 9.38. The molecule has 0 aliphatic carbocycles. The number of carbonyl (C=O) groups is 1. The molecule has 0 saturated heterocycles. The molecule has 0 spiro atoms. The molecule has 0 fully saturated rings. The highest BCUT2D eigenvalue weighted by atomic mass is 127. The van der Waals surface area contributed by atoms with Gasteiger partial charge in [-0.3, -0.25) is 4.79 Å². The maximum absolute atomic E-state index is 12.1. The van der Waals surface area contributed by atoms with Gasteiger partial charge < -0.3 is 5.32 Å². The van der Waals surface area contributed by atoms with Crippen LogP contribution in [0.4, 0.5) is 5.69 Å². The second-order valence-electron chi connectivity index (χ2n) is 3.74. The molecule has 0 aliphatic rings. The zero-order valence-corrected chi connectivity index (χ0v) is 13.8. The molecule has 98 valence electrons. The van der Waals surface area contributed by atoms with Crippen molar-refractivity contribution in [3.05, 3.63) is 60.6 Å². The smallest absolute Gasteiger partial charge is 0.256 e. The van der Waals surface area contributed by atoms with Crippen molar-refractivity contribution in [1.29, 1.82) is 0 Å². The highest BCUT2D eigenvalue weighted by Gasteiger charge is 2.11. The molecule has 0 unspecified atom stereocenters. The molecule has 1 amide bonds. The van der Waals surface area contributed by atoms with E-state index in [0.29, 0.717) is 26.3 Å². The molecule has 0 radical (unpaired) electrons. The number of halogens is 4. The van der Waals surface area contributed by atoms with Crippen molar-refractivity contribution in [2.75, 3.05) is 5.32 Å². The first-order chi connectivity index (χ1) is 8.95. The largest absolute Gasteiger partial charge is 0.322 e. The van der Waals surface area contributed by atoms with Crippen LogP contribution in [-0.2, 0) is 0 Å². The van der Waals surface area contributed by atoms with Gasteiger partial charge in [0, 0.05) is 24.3 Å². The average molecular weight is 426 g/mol. The van der Waals surface area contributed by atoms with E-state index in [9.17, 15) is 4.79 Å². The Hall–Kier alpha value is -0.490. The van der Waals surface area contributed by atoms with Gasteiger partial charge in [0.15, 0.2) is 0 Å². The lowest BCUT2D eigenvalue weighted by molar-refractivity contribution is 0.102. The number of rotatable bonds is 2. The minimum absolute atomic E-state index is 0.259. The molecule has 0 heterocycles. The Kier molecular flexibility index (Phi) is 4.95. The summed E-state index contributed by atoms with van der Waals surface area (Å²) in [6, 6.07) is 9.98. The second kappa shape index (κ2) is 6.31. The molecular formula is C13H7Cl3INO. The third kappa shape index (κ3) is 3.99. The van der Waals surface area contributed by atoms with Crippen molar-refractivity contribution in [3.8, 4) is 0 Å². The lowest BCUT2D eigenvalue weighted by Crippen LogP contribution is -2.13. The van der Waals surface area contributed by atoms with Crippen LogP contribution in [0.25, 0.3) is 0 Å². The Morgan fingerprint density at radius 3 is 2.21 bits per heavy atom. The third-order valence-electron chi connectivity index (χ3n) is 2.29. The number of carbonyl (C=O) groups excluding carboxylic acids is 1. The van der Waals surface area contributed by atoms with E-state index < -0.39 is 0 Å². The number of amides is 1. The van der Waals surface area contributed by atoms with Gasteiger partial charge in [0.2, 0.25) is 0 Å². The molecule has 0 aliphatic heterocycles. The van der Waals surface area contributed by atoms with Crippen molar-refractivity contribution in [2.45, 2.75) is 0 Å². The first-order valence-corrected chi connectivity index (χ1v) is 7.39. The van der Waals surface area contributed by atoms with E-state index >= 15 is 0 Å². The van der Waals surface area contributed by atoms with Gasteiger partial charge in [0.1, 0.15) is 0 Å². The maximum atomic E-state index is 12.1. The molecule has 0 saturated carbocycles. The molecular weight excluding hydrogens is 419 g/mol. The molecule has 0 aromatic heterocycles. The number of nitrogens with one attached hydrogen (secondary N) is 1. The molecule has 19 heavy (non-hydrogen) atoms. The van der Waals surface area contributed by atoms with E-state index in [2.05, 4.69) is 27.9 Å². The van der Waals surface area contributed by atoms with Crippen LogP contribution in [0.15, 0.2) is 36.4 Å². The summed E-state index contributed by atoms with van der Waals surface area (Å²) < 4.78 is 0.813. The van der Waals surface area contributed by atoms with Gasteiger partial charge in [-0.2, -0.15) is 0 Å². The first-order valence-electron chi connectivity index (χ1n) is 5.18. The summed E-state index contributed by atoms with van der Waals surface area (Å²) in [5, 5.41) is 4.17. The molecule has 1 N–H and O–H groups in total. The second-order valence-corrected chi connectivity index (χ2v) is 6.21. The number of benzene rings is 2. The minimum Gasteiger partial charge on any atom is -0.322 e. The van der Waals surface area contributed by atoms with Crippen LogP contribution < -0.4 is 5.32 Å². The Balaban J connectivity index is 2.28. The molecule has 2 aromatic carbocycles. The standard InChI is InChI=1S/C13H7Cl3INO/c14-7-1-2-12(17)11(6-7)13(19)18-10-4-8(15)3-9(16)5-10/h1-6H,(H,18,19). The van der Waals surface area contributed by atoms with E-state index in [1.165, 1.54) is 0 Å². The van der Waals surface area contributed by atoms with Gasteiger partial charge in [-0.1, -0.05) is 34.8 Å². The molecule has 6 heteroatoms. The highest BCUT2D eigenvalue weighted by molar-refractivity contribution is 14.1. The van der Waals surface area contributed by atoms with E-state index in [4.69, 9.17) is 34.8 Å². The molecule has 2 aromatic rings. The summed E-state index contributed by atoms with van der Waals surface area (Å²) >= 11 is 19.7. The quantitative estimate of drug-likeness (QED) is 0.631. The summed E-state index contributed by atoms with van der Waals surface area (Å²) in [6.07, 6.45) is 0. The fourth-order valence-electron chi connectivity index (χ4n) is 1.50. The Labute approximate surface area is 139 Å². The summed E-state index contributed by atoms with van der Waals surface area (Å²) in [5.74, 6) is -0.259. The Morgan fingerprint density at radius 2 is 1.58 bits per heavy atom. The van der Waals surface area contributed by atoms with Gasteiger partial charge in [0.05, 0.1) is 5.56 Å². The third-order valence-corrected chi connectivity index (χ3v) is 3.91. The lowest BCUT2D eigenvalue weighted by atomic mass is 10.2. The van der Waals surface area contributed by atoms with Crippen LogP contribution in [0.1, 0.15) is 10.4 Å². The van der Waals surface area contributed by atoms with Gasteiger partial charge in [0.25, 0.3) is 5.91 Å². The van der Waals surface area contributed by atoms with E-state index in [1.807, 2.05) is 0 Å². The first kappa shape index (κ1) is 14.9. The van der Waals surface area contributed by atoms with Gasteiger partial charge in [-0.25, -0.2) is 0 Å². The van der Waals surface area contributed by atoms with Crippen LogP contribution in [0.2, 0.25) is 15.1 Å². The predicted octanol–water partition coefficient (Wildman–Crippen LogP) is 5.50. The van der Waals surface area contributed by atoms with E-state index in [0.717, 1.165) is 3.57 Å². The number of hydrogen-bond donors (Lipinski definition) is 1. The van der Waals surface area contributed by atoms with Gasteiger partial charge in [-0.15, -0.1) is 0 Å². The van der Waals surface area contributed by atoms with Crippen molar-refractivity contribution < 1.29 is 4.79 Å². The topological polar surface area (TPSA) is 29.1 Å². The fraction of sp³-hybridized carbons (Fsp3) is 0. The van der Waals surface area contributed by atoms with Crippen molar-refractivity contribution in [3.63, 3.8) is 0 Å². The minimum atomic E-state index is -0.259. The predicted molar refractivity (Wildman–Crippen MR) is 88.6 cm³/mol. The lowest BCUT2D eigenvalue weighted by Gasteiger charge is -2.08. The van der Waals surface area contributed by atoms with Crippen molar-refractivity contribution >= 4 is 69.0 Å². The number of anilines is 1. The summed E-state index contributed by atoms with van der Waals surface area (Å²) in [7, 11) is 0. The van der Waals surface area contributed by atoms with Crippen LogP contribution in [-0.4, -0.2) is 5.91 Å². The van der Waals surface area contributed by atoms with E-state index in [1.54, 1.807) is 36.4 Å². The normalized spacial score (nSPS) is 10.3. The van der Waals surface area contributed by atoms with E-state index in [-0.39, 0.29) is 5.91 Å². The number of hydrogen-bond acceptors (Lipinski definition) is 1. The summed E-state index contributed by atoms with van der Waals surface area (Å²) in [5.41, 5.74) is 1.04. The monoisotopic (exact) mass is 425 g/mol. The summed E-state index contributed by atoms with van der Waals surface area (Å²) in [4.78, 5) is 12.1. The summed E-state index contributed by atoms with van der Waals surface area (Å²) in [6.45, 7) is 0. The maximum Gasteiger partial charge on any atom is 0.256 e. The van der Waals surface area contributed by atoms with Crippen molar-refractivity contribution in [2.24, 2.45) is 0 Å². The molecule has 2 nitrogen and oxygen atoms in total.